The van der Waals surface area contributed by atoms with Gasteiger partial charge in [-0.05, 0) is 63.2 Å². The monoisotopic (exact) mass is 350 g/mol. The number of carbonyl (C=O) groups is 1. The summed E-state index contributed by atoms with van der Waals surface area (Å²) in [6.07, 6.45) is 8.02. The van der Waals surface area contributed by atoms with Gasteiger partial charge in [0, 0.05) is 38.1 Å². The summed E-state index contributed by atoms with van der Waals surface area (Å²) in [5.41, 5.74) is -0.173. The van der Waals surface area contributed by atoms with E-state index in [2.05, 4.69) is 37.5 Å². The molecule has 0 unspecified atom stereocenters. The number of rotatable bonds is 3. The molecule has 0 bridgehead atoms. The molecule has 25 heavy (non-hydrogen) atoms. The normalized spacial score (nSPS) is 37.9. The van der Waals surface area contributed by atoms with E-state index in [4.69, 9.17) is 0 Å². The molecular weight excluding hydrogens is 312 g/mol. The Hall–Kier alpha value is -0.610. The lowest BCUT2D eigenvalue weighted by Gasteiger charge is -2.44. The first-order chi connectivity index (χ1) is 11.7. The van der Waals surface area contributed by atoms with Crippen LogP contribution in [0.15, 0.2) is 0 Å². The van der Waals surface area contributed by atoms with Crippen LogP contribution in [0.5, 0.6) is 0 Å². The van der Waals surface area contributed by atoms with Crippen LogP contribution in [0, 0.1) is 11.3 Å². The minimum Gasteiger partial charge on any atom is -0.389 e. The minimum absolute atomic E-state index is 0.334. The third kappa shape index (κ3) is 4.05. The van der Waals surface area contributed by atoms with Gasteiger partial charge in [-0.2, -0.15) is 0 Å². The van der Waals surface area contributed by atoms with Gasteiger partial charge in [0.25, 0.3) is 0 Å². The Morgan fingerprint density at radius 2 is 1.80 bits per heavy atom. The summed E-state index contributed by atoms with van der Waals surface area (Å²) in [6, 6.07) is 0.824. The predicted molar refractivity (Wildman–Crippen MR) is 101 cm³/mol. The van der Waals surface area contributed by atoms with E-state index in [0.29, 0.717) is 29.8 Å². The highest BCUT2D eigenvalue weighted by molar-refractivity contribution is 5.77. The molecule has 3 aliphatic rings. The van der Waals surface area contributed by atoms with E-state index in [1.165, 1.54) is 0 Å². The maximum absolute atomic E-state index is 12.3. The number of amides is 1. The second-order valence-electron chi connectivity index (χ2n) is 9.83. The van der Waals surface area contributed by atoms with Crippen LogP contribution in [0.1, 0.15) is 79.1 Å². The Morgan fingerprint density at radius 3 is 2.40 bits per heavy atom. The SMILES string of the molecule is CCN1C(=O)CCC[C@H]2[C@@H]1CCN2CC1(O)CCC(C(C)(C)C)CC1. The molecule has 2 atom stereocenters. The largest absolute Gasteiger partial charge is 0.389 e. The van der Waals surface area contributed by atoms with Crippen molar-refractivity contribution in [1.29, 1.82) is 0 Å². The van der Waals surface area contributed by atoms with Gasteiger partial charge in [-0.1, -0.05) is 20.8 Å². The molecule has 0 radical (unpaired) electrons. The number of fused-ring (bicyclic) bond motifs is 1. The number of nitrogens with zero attached hydrogens (tertiary/aromatic N) is 2. The van der Waals surface area contributed by atoms with Crippen molar-refractivity contribution in [2.45, 2.75) is 96.7 Å². The molecule has 1 amide bonds. The van der Waals surface area contributed by atoms with Crippen LogP contribution >= 0.6 is 0 Å². The molecule has 4 nitrogen and oxygen atoms in total. The van der Waals surface area contributed by atoms with Crippen LogP contribution in [0.3, 0.4) is 0 Å². The smallest absolute Gasteiger partial charge is 0.222 e. The lowest BCUT2D eigenvalue weighted by atomic mass is 9.68. The summed E-state index contributed by atoms with van der Waals surface area (Å²) in [7, 11) is 0. The third-order valence-electron chi connectivity index (χ3n) is 7.22. The number of hydrogen-bond acceptors (Lipinski definition) is 3. The van der Waals surface area contributed by atoms with Crippen molar-refractivity contribution in [2.75, 3.05) is 19.6 Å². The summed E-state index contributed by atoms with van der Waals surface area (Å²) in [6.45, 7) is 11.7. The van der Waals surface area contributed by atoms with E-state index in [0.717, 1.165) is 70.5 Å². The topological polar surface area (TPSA) is 43.8 Å². The van der Waals surface area contributed by atoms with Gasteiger partial charge in [0.15, 0.2) is 0 Å². The van der Waals surface area contributed by atoms with Gasteiger partial charge in [-0.3, -0.25) is 9.69 Å². The average molecular weight is 351 g/mol. The van der Waals surface area contributed by atoms with E-state index >= 15 is 0 Å². The molecule has 1 saturated carbocycles. The molecule has 2 aliphatic heterocycles. The lowest BCUT2D eigenvalue weighted by Crippen LogP contribution is -2.51. The maximum Gasteiger partial charge on any atom is 0.222 e. The van der Waals surface area contributed by atoms with E-state index in [-0.39, 0.29) is 0 Å². The highest BCUT2D eigenvalue weighted by Crippen LogP contribution is 2.42. The lowest BCUT2D eigenvalue weighted by molar-refractivity contribution is -0.132. The molecule has 2 heterocycles. The molecule has 0 aromatic carbocycles. The fraction of sp³-hybridized carbons (Fsp3) is 0.952. The molecular formula is C21H38N2O2. The first-order valence-electron chi connectivity index (χ1n) is 10.5. The molecule has 2 saturated heterocycles. The first kappa shape index (κ1) is 19.2. The predicted octanol–water partition coefficient (Wildman–Crippen LogP) is 3.43. The molecule has 0 spiro atoms. The van der Waals surface area contributed by atoms with Crippen LogP contribution in [-0.2, 0) is 4.79 Å². The molecule has 144 valence electrons. The Balaban J connectivity index is 1.63. The van der Waals surface area contributed by atoms with Gasteiger partial charge in [0.1, 0.15) is 0 Å². The fourth-order valence-corrected chi connectivity index (χ4v) is 5.59. The van der Waals surface area contributed by atoms with E-state index < -0.39 is 5.60 Å². The fourth-order valence-electron chi connectivity index (χ4n) is 5.59. The zero-order chi connectivity index (χ0) is 18.2. The Morgan fingerprint density at radius 1 is 1.12 bits per heavy atom. The number of hydrogen-bond donors (Lipinski definition) is 1. The molecule has 3 fully saturated rings. The number of β-amino-alcohol motifs (C(OH)–C–C–N with tert-alkyl or cyclic N) is 1. The van der Waals surface area contributed by atoms with Gasteiger partial charge < -0.3 is 10.0 Å². The van der Waals surface area contributed by atoms with Crippen molar-refractivity contribution in [1.82, 2.24) is 9.80 Å². The van der Waals surface area contributed by atoms with Gasteiger partial charge in [-0.25, -0.2) is 0 Å². The van der Waals surface area contributed by atoms with Crippen LogP contribution in [0.2, 0.25) is 0 Å². The first-order valence-corrected chi connectivity index (χ1v) is 10.5. The number of carbonyl (C=O) groups excluding carboxylic acids is 1. The average Bonchev–Trinajstić information content (AvgIpc) is 2.82. The number of aliphatic hydroxyl groups is 1. The van der Waals surface area contributed by atoms with Gasteiger partial charge >= 0.3 is 0 Å². The zero-order valence-corrected chi connectivity index (χ0v) is 16.8. The van der Waals surface area contributed by atoms with Crippen molar-refractivity contribution in [3.8, 4) is 0 Å². The highest BCUT2D eigenvalue weighted by Gasteiger charge is 2.45. The standard InChI is InChI=1S/C21H38N2O2/c1-5-23-18-11-14-22(17(18)7-6-8-19(23)24)15-21(25)12-9-16(10-13-21)20(2,3)4/h16-18,25H,5-15H2,1-4H3/t16?,17-,18-,21?/m0/s1. The summed E-state index contributed by atoms with van der Waals surface area (Å²) in [5.74, 6) is 1.06. The van der Waals surface area contributed by atoms with Gasteiger partial charge in [-0.15, -0.1) is 0 Å². The summed E-state index contributed by atoms with van der Waals surface area (Å²) >= 11 is 0. The molecule has 1 N–H and O–H groups in total. The number of likely N-dealkylation sites (N-methyl/N-ethyl adjacent to an activating group) is 1. The van der Waals surface area contributed by atoms with Crippen molar-refractivity contribution >= 4 is 5.91 Å². The van der Waals surface area contributed by atoms with Crippen molar-refractivity contribution in [3.05, 3.63) is 0 Å². The van der Waals surface area contributed by atoms with Crippen LogP contribution < -0.4 is 0 Å². The quantitative estimate of drug-likeness (QED) is 0.848. The minimum atomic E-state index is -0.524. The Kier molecular flexibility index (Phi) is 5.51. The molecule has 1 aliphatic carbocycles. The molecule has 4 heteroatoms. The third-order valence-corrected chi connectivity index (χ3v) is 7.22. The van der Waals surface area contributed by atoms with E-state index in [9.17, 15) is 9.90 Å². The number of likely N-dealkylation sites (tertiary alicyclic amines) is 2. The Bertz CT molecular complexity index is 477. The van der Waals surface area contributed by atoms with Crippen LogP contribution in [0.4, 0.5) is 0 Å². The van der Waals surface area contributed by atoms with Crippen molar-refractivity contribution in [2.24, 2.45) is 11.3 Å². The summed E-state index contributed by atoms with van der Waals surface area (Å²) < 4.78 is 0. The van der Waals surface area contributed by atoms with Gasteiger partial charge in [0.05, 0.1) is 5.60 Å². The summed E-state index contributed by atoms with van der Waals surface area (Å²) in [4.78, 5) is 17.0. The maximum atomic E-state index is 12.3. The Labute approximate surface area is 153 Å². The van der Waals surface area contributed by atoms with Crippen LogP contribution in [0.25, 0.3) is 0 Å². The van der Waals surface area contributed by atoms with Crippen molar-refractivity contribution < 1.29 is 9.90 Å². The molecule has 0 aromatic rings. The second-order valence-corrected chi connectivity index (χ2v) is 9.83. The second kappa shape index (κ2) is 7.19. The van der Waals surface area contributed by atoms with Crippen molar-refractivity contribution in [3.63, 3.8) is 0 Å². The van der Waals surface area contributed by atoms with E-state index in [1.807, 2.05) is 0 Å². The summed E-state index contributed by atoms with van der Waals surface area (Å²) in [5, 5.41) is 11.2. The zero-order valence-electron chi connectivity index (χ0n) is 16.8. The molecule has 3 rings (SSSR count). The highest BCUT2D eigenvalue weighted by atomic mass is 16.3. The van der Waals surface area contributed by atoms with E-state index in [1.54, 1.807) is 0 Å². The van der Waals surface area contributed by atoms with Gasteiger partial charge in [0.2, 0.25) is 5.91 Å². The van der Waals surface area contributed by atoms with Crippen LogP contribution in [-0.4, -0.2) is 58.1 Å². The molecule has 0 aromatic heterocycles.